The van der Waals surface area contributed by atoms with Crippen LogP contribution in [0.1, 0.15) is 15.9 Å². The molecule has 0 spiro atoms. The van der Waals surface area contributed by atoms with Crippen LogP contribution >= 0.6 is 0 Å². The summed E-state index contributed by atoms with van der Waals surface area (Å²) in [5.41, 5.74) is 7.50. The predicted octanol–water partition coefficient (Wildman–Crippen LogP) is 1.56. The summed E-state index contributed by atoms with van der Waals surface area (Å²) >= 11 is 0. The zero-order valence-electron chi connectivity index (χ0n) is 10.2. The van der Waals surface area contributed by atoms with Gasteiger partial charge in [-0.3, -0.25) is 9.89 Å². The van der Waals surface area contributed by atoms with Crippen molar-refractivity contribution < 1.29 is 9.53 Å². The fourth-order valence-corrected chi connectivity index (χ4v) is 1.53. The first kappa shape index (κ1) is 12.0. The summed E-state index contributed by atoms with van der Waals surface area (Å²) in [4.78, 5) is 12.0. The first-order valence-electron chi connectivity index (χ1n) is 5.36. The van der Waals surface area contributed by atoms with E-state index in [0.717, 1.165) is 5.56 Å². The van der Waals surface area contributed by atoms with Gasteiger partial charge in [0.1, 0.15) is 11.6 Å². The molecule has 2 rings (SSSR count). The van der Waals surface area contributed by atoms with Gasteiger partial charge in [-0.2, -0.15) is 5.10 Å². The number of rotatable bonds is 3. The zero-order valence-corrected chi connectivity index (χ0v) is 10.2. The minimum atomic E-state index is -0.253. The molecule has 0 aliphatic heterocycles. The van der Waals surface area contributed by atoms with Gasteiger partial charge in [0.05, 0.1) is 19.0 Å². The molecule has 1 heterocycles. The Balaban J connectivity index is 2.19. The molecule has 0 radical (unpaired) electrons. The number of aromatic nitrogens is 2. The summed E-state index contributed by atoms with van der Waals surface area (Å²) < 4.78 is 5.03. The predicted molar refractivity (Wildman–Crippen MR) is 68.7 cm³/mol. The number of benzene rings is 1. The van der Waals surface area contributed by atoms with Crippen LogP contribution in [-0.4, -0.2) is 23.2 Å². The van der Waals surface area contributed by atoms with Gasteiger partial charge in [-0.15, -0.1) is 0 Å². The maximum absolute atomic E-state index is 12.0. The van der Waals surface area contributed by atoms with Crippen molar-refractivity contribution in [1.29, 1.82) is 0 Å². The van der Waals surface area contributed by atoms with Crippen molar-refractivity contribution in [1.82, 2.24) is 10.2 Å². The highest BCUT2D eigenvalue weighted by Gasteiger charge is 2.10. The van der Waals surface area contributed by atoms with Crippen molar-refractivity contribution in [3.63, 3.8) is 0 Å². The first-order valence-corrected chi connectivity index (χ1v) is 5.36. The molecule has 6 heteroatoms. The minimum absolute atomic E-state index is 0.253. The smallest absolute Gasteiger partial charge is 0.256 e. The topological polar surface area (TPSA) is 93.0 Å². The Kier molecular flexibility index (Phi) is 3.18. The number of nitrogen functional groups attached to an aromatic ring is 1. The van der Waals surface area contributed by atoms with E-state index in [9.17, 15) is 4.79 Å². The number of hydrogen-bond donors (Lipinski definition) is 3. The molecular formula is C12H14N4O2. The molecule has 6 nitrogen and oxygen atoms in total. The van der Waals surface area contributed by atoms with Gasteiger partial charge < -0.3 is 15.8 Å². The molecule has 0 aliphatic carbocycles. The number of H-pyrrole nitrogens is 1. The second-order valence-corrected chi connectivity index (χ2v) is 3.84. The van der Waals surface area contributed by atoms with Crippen LogP contribution in [0, 0.1) is 6.92 Å². The standard InChI is InChI=1S/C12H14N4O2/c1-7-6-14-16-11(7)15-12(17)8-3-4-10(18-2)9(13)5-8/h3-6H,13H2,1-2H3,(H2,14,15,16,17). The van der Waals surface area contributed by atoms with Crippen LogP contribution in [0.15, 0.2) is 24.4 Å². The molecule has 0 fully saturated rings. The molecule has 0 aliphatic rings. The Hall–Kier alpha value is -2.50. The van der Waals surface area contributed by atoms with E-state index in [1.54, 1.807) is 24.4 Å². The van der Waals surface area contributed by atoms with Crippen molar-refractivity contribution in [3.05, 3.63) is 35.5 Å². The van der Waals surface area contributed by atoms with E-state index < -0.39 is 0 Å². The molecule has 1 amide bonds. The lowest BCUT2D eigenvalue weighted by molar-refractivity contribution is 0.102. The van der Waals surface area contributed by atoms with Crippen LogP contribution in [0.4, 0.5) is 11.5 Å². The molecule has 0 saturated carbocycles. The normalized spacial score (nSPS) is 10.1. The van der Waals surface area contributed by atoms with Gasteiger partial charge in [-0.1, -0.05) is 0 Å². The number of aryl methyl sites for hydroxylation is 1. The number of nitrogens with zero attached hydrogens (tertiary/aromatic N) is 1. The number of nitrogens with two attached hydrogens (primary N) is 1. The molecule has 0 atom stereocenters. The Morgan fingerprint density at radius 1 is 1.50 bits per heavy atom. The number of aromatic amines is 1. The van der Waals surface area contributed by atoms with Crippen LogP contribution in [0.5, 0.6) is 5.75 Å². The molecule has 0 unspecified atom stereocenters. The molecule has 1 aromatic carbocycles. The van der Waals surface area contributed by atoms with Gasteiger partial charge in [-0.25, -0.2) is 0 Å². The van der Waals surface area contributed by atoms with Gasteiger partial charge >= 0.3 is 0 Å². The number of amides is 1. The summed E-state index contributed by atoms with van der Waals surface area (Å²) in [6, 6.07) is 4.88. The average Bonchev–Trinajstić information content (AvgIpc) is 2.75. The number of carbonyl (C=O) groups is 1. The fraction of sp³-hybridized carbons (Fsp3) is 0.167. The Labute approximate surface area is 104 Å². The van der Waals surface area contributed by atoms with E-state index in [0.29, 0.717) is 22.8 Å². The monoisotopic (exact) mass is 246 g/mol. The quantitative estimate of drug-likeness (QED) is 0.716. The van der Waals surface area contributed by atoms with Crippen molar-refractivity contribution in [2.45, 2.75) is 6.92 Å². The number of methoxy groups -OCH3 is 1. The van der Waals surface area contributed by atoms with E-state index >= 15 is 0 Å². The number of anilines is 2. The third kappa shape index (κ3) is 2.27. The highest BCUT2D eigenvalue weighted by atomic mass is 16.5. The van der Waals surface area contributed by atoms with Crippen molar-refractivity contribution in [2.75, 3.05) is 18.2 Å². The summed E-state index contributed by atoms with van der Waals surface area (Å²) in [5, 5.41) is 9.25. The minimum Gasteiger partial charge on any atom is -0.495 e. The lowest BCUT2D eigenvalue weighted by atomic mass is 10.1. The number of nitrogens with one attached hydrogen (secondary N) is 2. The third-order valence-electron chi connectivity index (χ3n) is 2.56. The van der Waals surface area contributed by atoms with E-state index in [1.807, 2.05) is 6.92 Å². The van der Waals surface area contributed by atoms with Gasteiger partial charge in [-0.05, 0) is 25.1 Å². The molecule has 2 aromatic rings. The van der Waals surface area contributed by atoms with Gasteiger partial charge in [0, 0.05) is 11.1 Å². The fourth-order valence-electron chi connectivity index (χ4n) is 1.53. The second-order valence-electron chi connectivity index (χ2n) is 3.84. The van der Waals surface area contributed by atoms with Gasteiger partial charge in [0.25, 0.3) is 5.91 Å². The lowest BCUT2D eigenvalue weighted by Crippen LogP contribution is -2.13. The van der Waals surface area contributed by atoms with Crippen LogP contribution in [0.3, 0.4) is 0 Å². The molecule has 4 N–H and O–H groups in total. The number of carbonyl (C=O) groups excluding carboxylic acids is 1. The molecule has 0 bridgehead atoms. The van der Waals surface area contributed by atoms with Crippen molar-refractivity contribution in [2.24, 2.45) is 0 Å². The zero-order chi connectivity index (χ0) is 13.1. The average molecular weight is 246 g/mol. The summed E-state index contributed by atoms with van der Waals surface area (Å²) in [6.07, 6.45) is 1.64. The van der Waals surface area contributed by atoms with Crippen LogP contribution in [-0.2, 0) is 0 Å². The van der Waals surface area contributed by atoms with Gasteiger partial charge in [0.15, 0.2) is 0 Å². The number of ether oxygens (including phenoxy) is 1. The van der Waals surface area contributed by atoms with E-state index in [2.05, 4.69) is 15.5 Å². The van der Waals surface area contributed by atoms with E-state index in [-0.39, 0.29) is 5.91 Å². The number of hydrogen-bond acceptors (Lipinski definition) is 4. The first-order chi connectivity index (χ1) is 8.61. The van der Waals surface area contributed by atoms with Crippen molar-refractivity contribution in [3.8, 4) is 5.75 Å². The highest BCUT2D eigenvalue weighted by Crippen LogP contribution is 2.22. The van der Waals surface area contributed by atoms with E-state index in [1.165, 1.54) is 7.11 Å². The Morgan fingerprint density at radius 2 is 2.28 bits per heavy atom. The molecular weight excluding hydrogens is 232 g/mol. The SMILES string of the molecule is COc1ccc(C(=O)Nc2[nH]ncc2C)cc1N. The second kappa shape index (κ2) is 4.79. The highest BCUT2D eigenvalue weighted by molar-refractivity contribution is 6.04. The van der Waals surface area contributed by atoms with Crippen LogP contribution in [0.2, 0.25) is 0 Å². The largest absolute Gasteiger partial charge is 0.495 e. The summed E-state index contributed by atoms with van der Waals surface area (Å²) in [5.74, 6) is 0.871. The lowest BCUT2D eigenvalue weighted by Gasteiger charge is -2.07. The summed E-state index contributed by atoms with van der Waals surface area (Å²) in [6.45, 7) is 1.85. The Bertz CT molecular complexity index is 577. The maximum atomic E-state index is 12.0. The van der Waals surface area contributed by atoms with Crippen LogP contribution in [0.25, 0.3) is 0 Å². The molecule has 18 heavy (non-hydrogen) atoms. The molecule has 0 saturated heterocycles. The van der Waals surface area contributed by atoms with E-state index in [4.69, 9.17) is 10.5 Å². The van der Waals surface area contributed by atoms with Crippen LogP contribution < -0.4 is 15.8 Å². The molecule has 94 valence electrons. The maximum Gasteiger partial charge on any atom is 0.256 e. The molecule has 1 aromatic heterocycles. The third-order valence-corrected chi connectivity index (χ3v) is 2.56. The van der Waals surface area contributed by atoms with Gasteiger partial charge in [0.2, 0.25) is 0 Å². The summed E-state index contributed by atoms with van der Waals surface area (Å²) in [7, 11) is 1.53. The van der Waals surface area contributed by atoms with Crippen molar-refractivity contribution >= 4 is 17.4 Å². The Morgan fingerprint density at radius 3 is 2.83 bits per heavy atom.